The van der Waals surface area contributed by atoms with Crippen LogP contribution in [0.1, 0.15) is 11.1 Å². The third-order valence-electron chi connectivity index (χ3n) is 2.91. The molecule has 19 heavy (non-hydrogen) atoms. The highest BCUT2D eigenvalue weighted by Crippen LogP contribution is 2.15. The number of hydrogen-bond acceptors (Lipinski definition) is 1. The molecule has 0 heterocycles. The first-order chi connectivity index (χ1) is 9.06. The Morgan fingerprint density at radius 1 is 0.895 bits per heavy atom. The Kier molecular flexibility index (Phi) is 4.22. The lowest BCUT2D eigenvalue weighted by molar-refractivity contribution is 0.533. The Balaban J connectivity index is 2.07. The van der Waals surface area contributed by atoms with Crippen molar-refractivity contribution in [3.63, 3.8) is 0 Å². The van der Waals surface area contributed by atoms with E-state index in [1.165, 1.54) is 30.3 Å². The van der Waals surface area contributed by atoms with Gasteiger partial charge in [0.25, 0.3) is 0 Å². The largest absolute Gasteiger partial charge is 0.327 e. The molecule has 1 atom stereocenters. The maximum Gasteiger partial charge on any atom is 0.129 e. The molecule has 4 heteroatoms. The first kappa shape index (κ1) is 13.6. The molecule has 2 aromatic rings. The van der Waals surface area contributed by atoms with Crippen molar-refractivity contribution in [2.24, 2.45) is 5.73 Å². The Hall–Kier alpha value is -1.81. The van der Waals surface area contributed by atoms with Gasteiger partial charge in [-0.25, -0.2) is 13.2 Å². The van der Waals surface area contributed by atoms with Crippen LogP contribution in [0.3, 0.4) is 0 Å². The van der Waals surface area contributed by atoms with Gasteiger partial charge in [-0.3, -0.25) is 0 Å². The molecule has 0 amide bonds. The van der Waals surface area contributed by atoms with Crippen LogP contribution in [0.15, 0.2) is 42.5 Å². The van der Waals surface area contributed by atoms with Gasteiger partial charge in [0.2, 0.25) is 0 Å². The van der Waals surface area contributed by atoms with Gasteiger partial charge in [0.15, 0.2) is 0 Å². The van der Waals surface area contributed by atoms with Crippen LogP contribution >= 0.6 is 0 Å². The van der Waals surface area contributed by atoms with E-state index in [0.29, 0.717) is 12.0 Å². The van der Waals surface area contributed by atoms with Crippen molar-refractivity contribution in [3.05, 3.63) is 71.0 Å². The summed E-state index contributed by atoms with van der Waals surface area (Å²) in [5, 5.41) is 0. The number of nitrogens with two attached hydrogens (primary N) is 1. The Bertz CT molecular complexity index is 549. The van der Waals surface area contributed by atoms with E-state index in [1.807, 2.05) is 0 Å². The topological polar surface area (TPSA) is 26.0 Å². The molecule has 0 saturated heterocycles. The van der Waals surface area contributed by atoms with Gasteiger partial charge in [0, 0.05) is 11.6 Å². The van der Waals surface area contributed by atoms with Gasteiger partial charge >= 0.3 is 0 Å². The van der Waals surface area contributed by atoms with E-state index in [2.05, 4.69) is 0 Å². The zero-order valence-corrected chi connectivity index (χ0v) is 10.2. The van der Waals surface area contributed by atoms with Crippen LogP contribution in [0, 0.1) is 17.5 Å². The first-order valence-corrected chi connectivity index (χ1v) is 5.99. The fourth-order valence-corrected chi connectivity index (χ4v) is 2.03. The van der Waals surface area contributed by atoms with E-state index in [4.69, 9.17) is 5.73 Å². The van der Waals surface area contributed by atoms with Crippen LogP contribution in [0.5, 0.6) is 0 Å². The standard InChI is InChI=1S/C15H14F3N/c16-11-4-1-3-10(7-11)8-12(19)9-13-14(17)5-2-6-15(13)18/h1-7,12H,8-9,19H2. The minimum atomic E-state index is -0.602. The van der Waals surface area contributed by atoms with Gasteiger partial charge in [0.05, 0.1) is 0 Å². The lowest BCUT2D eigenvalue weighted by Crippen LogP contribution is -2.26. The molecule has 0 radical (unpaired) electrons. The zero-order chi connectivity index (χ0) is 13.8. The fourth-order valence-electron chi connectivity index (χ4n) is 2.03. The summed E-state index contributed by atoms with van der Waals surface area (Å²) in [4.78, 5) is 0. The number of rotatable bonds is 4. The van der Waals surface area contributed by atoms with E-state index in [9.17, 15) is 13.2 Å². The van der Waals surface area contributed by atoms with Crippen LogP contribution < -0.4 is 5.73 Å². The summed E-state index contributed by atoms with van der Waals surface area (Å²) in [6, 6.07) is 9.28. The van der Waals surface area contributed by atoms with Crippen molar-refractivity contribution >= 4 is 0 Å². The Morgan fingerprint density at radius 2 is 1.53 bits per heavy atom. The molecule has 1 unspecified atom stereocenters. The van der Waals surface area contributed by atoms with Gasteiger partial charge < -0.3 is 5.73 Å². The average molecular weight is 265 g/mol. The maximum atomic E-state index is 13.5. The molecule has 0 aliphatic heterocycles. The molecule has 0 bridgehead atoms. The summed E-state index contributed by atoms with van der Waals surface area (Å²) in [6.07, 6.45) is 0.445. The van der Waals surface area contributed by atoms with Crippen molar-refractivity contribution in [2.45, 2.75) is 18.9 Å². The summed E-state index contributed by atoms with van der Waals surface area (Å²) >= 11 is 0. The van der Waals surface area contributed by atoms with Crippen LogP contribution in [-0.2, 0) is 12.8 Å². The van der Waals surface area contributed by atoms with Crippen LogP contribution in [-0.4, -0.2) is 6.04 Å². The molecule has 2 rings (SSSR count). The molecule has 2 N–H and O–H groups in total. The van der Waals surface area contributed by atoms with Gasteiger partial charge in [-0.2, -0.15) is 0 Å². The number of hydrogen-bond donors (Lipinski definition) is 1. The van der Waals surface area contributed by atoms with E-state index in [-0.39, 0.29) is 17.8 Å². The highest BCUT2D eigenvalue weighted by molar-refractivity contribution is 5.22. The average Bonchev–Trinajstić information content (AvgIpc) is 2.34. The molecule has 0 fully saturated rings. The number of benzene rings is 2. The molecule has 0 aliphatic carbocycles. The zero-order valence-electron chi connectivity index (χ0n) is 10.2. The van der Waals surface area contributed by atoms with E-state index in [1.54, 1.807) is 12.1 Å². The summed E-state index contributed by atoms with van der Waals surface area (Å²) < 4.78 is 39.9. The second kappa shape index (κ2) is 5.89. The van der Waals surface area contributed by atoms with Gasteiger partial charge in [-0.15, -0.1) is 0 Å². The molecular formula is C15H14F3N. The minimum absolute atomic E-state index is 0.0218. The quantitative estimate of drug-likeness (QED) is 0.902. The van der Waals surface area contributed by atoms with Gasteiger partial charge in [0.1, 0.15) is 17.5 Å². The minimum Gasteiger partial charge on any atom is -0.327 e. The summed E-state index contributed by atoms with van der Waals surface area (Å²) in [6.45, 7) is 0. The first-order valence-electron chi connectivity index (χ1n) is 5.99. The smallest absolute Gasteiger partial charge is 0.129 e. The van der Waals surface area contributed by atoms with Crippen molar-refractivity contribution in [2.75, 3.05) is 0 Å². The second-order valence-electron chi connectivity index (χ2n) is 4.50. The Labute approximate surface area is 109 Å². The monoisotopic (exact) mass is 265 g/mol. The van der Waals surface area contributed by atoms with Crippen molar-refractivity contribution < 1.29 is 13.2 Å². The molecular weight excluding hydrogens is 251 g/mol. The molecule has 0 aromatic heterocycles. The maximum absolute atomic E-state index is 13.5. The van der Waals surface area contributed by atoms with E-state index < -0.39 is 17.7 Å². The SMILES string of the molecule is NC(Cc1cccc(F)c1)Cc1c(F)cccc1F. The molecule has 0 spiro atoms. The summed E-state index contributed by atoms with van der Waals surface area (Å²) in [7, 11) is 0. The highest BCUT2D eigenvalue weighted by atomic mass is 19.1. The molecule has 2 aromatic carbocycles. The lowest BCUT2D eigenvalue weighted by Gasteiger charge is -2.13. The van der Waals surface area contributed by atoms with Crippen molar-refractivity contribution in [3.8, 4) is 0 Å². The van der Waals surface area contributed by atoms with Gasteiger partial charge in [-0.05, 0) is 42.7 Å². The normalized spacial score (nSPS) is 12.4. The molecule has 0 saturated carbocycles. The summed E-state index contributed by atoms with van der Waals surface area (Å²) in [5.74, 6) is -1.55. The summed E-state index contributed by atoms with van der Waals surface area (Å²) in [5.41, 5.74) is 6.56. The predicted molar refractivity (Wildman–Crippen MR) is 68.1 cm³/mol. The van der Waals surface area contributed by atoms with Crippen molar-refractivity contribution in [1.29, 1.82) is 0 Å². The molecule has 1 nitrogen and oxygen atoms in total. The molecule has 0 aliphatic rings. The highest BCUT2D eigenvalue weighted by Gasteiger charge is 2.13. The van der Waals surface area contributed by atoms with Crippen LogP contribution in [0.2, 0.25) is 0 Å². The second-order valence-corrected chi connectivity index (χ2v) is 4.50. The van der Waals surface area contributed by atoms with E-state index >= 15 is 0 Å². The van der Waals surface area contributed by atoms with E-state index in [0.717, 1.165) is 0 Å². The third kappa shape index (κ3) is 3.58. The van der Waals surface area contributed by atoms with Crippen LogP contribution in [0.25, 0.3) is 0 Å². The Morgan fingerprint density at radius 3 is 2.16 bits per heavy atom. The van der Waals surface area contributed by atoms with Crippen LogP contribution in [0.4, 0.5) is 13.2 Å². The third-order valence-corrected chi connectivity index (χ3v) is 2.91. The lowest BCUT2D eigenvalue weighted by atomic mass is 9.99. The van der Waals surface area contributed by atoms with Crippen molar-refractivity contribution in [1.82, 2.24) is 0 Å². The molecule has 100 valence electrons. The predicted octanol–water partition coefficient (Wildman–Crippen LogP) is 3.22. The fraction of sp³-hybridized carbons (Fsp3) is 0.200. The number of halogens is 3. The van der Waals surface area contributed by atoms with Gasteiger partial charge in [-0.1, -0.05) is 18.2 Å².